The van der Waals surface area contributed by atoms with Crippen molar-refractivity contribution in [1.82, 2.24) is 18.7 Å². The first-order valence-corrected chi connectivity index (χ1v) is 11.9. The molecular formula is C28H27N5O2. The third-order valence-corrected chi connectivity index (χ3v) is 7.00. The fraction of sp³-hybridized carbons (Fsp3) is 0.250. The van der Waals surface area contributed by atoms with Gasteiger partial charge in [0, 0.05) is 25.8 Å². The molecule has 6 rings (SSSR count). The van der Waals surface area contributed by atoms with Crippen LogP contribution in [-0.4, -0.2) is 25.2 Å². The molecule has 0 bridgehead atoms. The van der Waals surface area contributed by atoms with Gasteiger partial charge in [-0.3, -0.25) is 13.9 Å². The van der Waals surface area contributed by atoms with Gasteiger partial charge in [-0.05, 0) is 41.3 Å². The number of hydrogen-bond donors (Lipinski definition) is 0. The Bertz CT molecular complexity index is 1700. The zero-order valence-electron chi connectivity index (χ0n) is 20.1. The molecule has 0 saturated heterocycles. The Morgan fingerprint density at radius 2 is 1.69 bits per heavy atom. The van der Waals surface area contributed by atoms with Crippen LogP contribution in [0.5, 0.6) is 0 Å². The van der Waals surface area contributed by atoms with Crippen LogP contribution >= 0.6 is 0 Å². The van der Waals surface area contributed by atoms with Crippen LogP contribution in [0.4, 0.5) is 11.6 Å². The van der Waals surface area contributed by atoms with Crippen molar-refractivity contribution in [2.75, 3.05) is 11.4 Å². The van der Waals surface area contributed by atoms with E-state index in [9.17, 15) is 9.59 Å². The fourth-order valence-corrected chi connectivity index (χ4v) is 5.19. The fourth-order valence-electron chi connectivity index (χ4n) is 5.19. The summed E-state index contributed by atoms with van der Waals surface area (Å²) in [7, 11) is 1.70. The first-order chi connectivity index (χ1) is 16.9. The number of aryl methyl sites for hydroxylation is 2. The molecule has 5 aromatic rings. The topological polar surface area (TPSA) is 65.1 Å². The Balaban J connectivity index is 1.55. The van der Waals surface area contributed by atoms with E-state index in [0.29, 0.717) is 29.6 Å². The smallest absolute Gasteiger partial charge is 0.312 e. The summed E-state index contributed by atoms with van der Waals surface area (Å²) < 4.78 is 4.84. The molecule has 0 saturated carbocycles. The van der Waals surface area contributed by atoms with E-state index in [2.05, 4.69) is 43.0 Å². The van der Waals surface area contributed by atoms with E-state index in [-0.39, 0.29) is 17.8 Å². The third kappa shape index (κ3) is 3.38. The highest BCUT2D eigenvalue weighted by molar-refractivity contribution is 5.85. The molecule has 1 aliphatic rings. The lowest BCUT2D eigenvalue weighted by Crippen LogP contribution is -2.40. The molecular weight excluding hydrogens is 438 g/mol. The summed E-state index contributed by atoms with van der Waals surface area (Å²) in [6, 6.07) is 22.3. The van der Waals surface area contributed by atoms with Crippen molar-refractivity contribution in [3.63, 3.8) is 0 Å². The third-order valence-electron chi connectivity index (χ3n) is 7.00. The Labute approximate surface area is 202 Å². The molecule has 35 heavy (non-hydrogen) atoms. The summed E-state index contributed by atoms with van der Waals surface area (Å²) in [5, 5.41) is 2.12. The molecule has 176 valence electrons. The highest BCUT2D eigenvalue weighted by Crippen LogP contribution is 2.33. The van der Waals surface area contributed by atoms with Gasteiger partial charge in [0.25, 0.3) is 5.56 Å². The number of aromatic nitrogens is 4. The van der Waals surface area contributed by atoms with E-state index in [0.717, 1.165) is 28.6 Å². The summed E-state index contributed by atoms with van der Waals surface area (Å²) in [5.74, 6) is 1.02. The van der Waals surface area contributed by atoms with E-state index < -0.39 is 0 Å². The van der Waals surface area contributed by atoms with Crippen molar-refractivity contribution in [2.45, 2.75) is 26.9 Å². The summed E-state index contributed by atoms with van der Waals surface area (Å²) in [5.41, 5.74) is 3.40. The highest BCUT2D eigenvalue weighted by Gasteiger charge is 2.29. The zero-order valence-corrected chi connectivity index (χ0v) is 20.1. The molecule has 0 unspecified atom stereocenters. The van der Waals surface area contributed by atoms with Crippen LogP contribution in [0, 0.1) is 12.8 Å². The first-order valence-electron chi connectivity index (χ1n) is 11.9. The van der Waals surface area contributed by atoms with E-state index in [1.54, 1.807) is 7.05 Å². The number of benzene rings is 3. The lowest BCUT2D eigenvalue weighted by molar-refractivity contribution is 0.458. The number of fused-ring (bicyclic) bond motifs is 4. The highest BCUT2D eigenvalue weighted by atomic mass is 16.2. The molecule has 7 heteroatoms. The first kappa shape index (κ1) is 21.4. The lowest BCUT2D eigenvalue weighted by Gasteiger charge is -2.33. The minimum atomic E-state index is -0.360. The molecule has 0 aliphatic carbocycles. The van der Waals surface area contributed by atoms with Crippen LogP contribution in [0.3, 0.4) is 0 Å². The SMILES string of the molecule is Cc1ccc(N2C[C@H](C)Cn3c2nc2c3c(=O)n(Cc3cccc4ccccc34)c(=O)n2C)cc1. The summed E-state index contributed by atoms with van der Waals surface area (Å²) in [6.07, 6.45) is 0. The molecule has 1 atom stereocenters. The molecule has 0 fully saturated rings. The standard InChI is InChI=1S/C28H27N5O2/c1-18-11-13-22(14-12-18)31-15-19(2)16-32-24-25(29-27(31)32)30(3)28(35)33(26(24)34)17-21-9-6-8-20-7-4-5-10-23(20)21/h4-14,19H,15-17H2,1-3H3/t19-/m0/s1. The van der Waals surface area contributed by atoms with E-state index in [4.69, 9.17) is 4.98 Å². The van der Waals surface area contributed by atoms with Crippen molar-refractivity contribution >= 4 is 33.6 Å². The average molecular weight is 466 g/mol. The predicted molar refractivity (Wildman–Crippen MR) is 140 cm³/mol. The van der Waals surface area contributed by atoms with Crippen LogP contribution in [0.25, 0.3) is 21.9 Å². The minimum Gasteiger partial charge on any atom is -0.312 e. The summed E-state index contributed by atoms with van der Waals surface area (Å²) >= 11 is 0. The maximum absolute atomic E-state index is 13.8. The number of anilines is 2. The molecule has 3 heterocycles. The van der Waals surface area contributed by atoms with Crippen LogP contribution in [0.15, 0.2) is 76.3 Å². The van der Waals surface area contributed by atoms with Crippen LogP contribution in [0.2, 0.25) is 0 Å². The molecule has 0 spiro atoms. The molecule has 0 N–H and O–H groups in total. The van der Waals surface area contributed by atoms with Crippen molar-refractivity contribution in [1.29, 1.82) is 0 Å². The van der Waals surface area contributed by atoms with Gasteiger partial charge in [-0.25, -0.2) is 4.79 Å². The van der Waals surface area contributed by atoms with Crippen LogP contribution in [-0.2, 0) is 20.1 Å². The Morgan fingerprint density at radius 1 is 0.943 bits per heavy atom. The predicted octanol–water partition coefficient (Wildman–Crippen LogP) is 4.19. The Morgan fingerprint density at radius 3 is 2.49 bits per heavy atom. The second-order valence-corrected chi connectivity index (χ2v) is 9.62. The summed E-state index contributed by atoms with van der Waals surface area (Å²) in [6.45, 7) is 5.92. The van der Waals surface area contributed by atoms with Gasteiger partial charge in [-0.15, -0.1) is 0 Å². The average Bonchev–Trinajstić information content (AvgIpc) is 3.25. The van der Waals surface area contributed by atoms with E-state index >= 15 is 0 Å². The van der Waals surface area contributed by atoms with E-state index in [1.165, 1.54) is 14.7 Å². The number of imidazole rings is 1. The molecule has 7 nitrogen and oxygen atoms in total. The van der Waals surface area contributed by atoms with Gasteiger partial charge >= 0.3 is 5.69 Å². The van der Waals surface area contributed by atoms with Gasteiger partial charge in [-0.1, -0.05) is 67.1 Å². The van der Waals surface area contributed by atoms with Gasteiger partial charge in [-0.2, -0.15) is 4.98 Å². The normalized spacial score (nSPS) is 15.6. The largest absolute Gasteiger partial charge is 0.332 e. The van der Waals surface area contributed by atoms with Crippen molar-refractivity contribution in [3.05, 3.63) is 98.7 Å². The van der Waals surface area contributed by atoms with Gasteiger partial charge in [0.2, 0.25) is 5.95 Å². The van der Waals surface area contributed by atoms with Crippen molar-refractivity contribution in [3.8, 4) is 0 Å². The number of hydrogen-bond acceptors (Lipinski definition) is 4. The quantitative estimate of drug-likeness (QED) is 0.401. The second kappa shape index (κ2) is 7.98. The molecule has 3 aromatic carbocycles. The van der Waals surface area contributed by atoms with Crippen molar-refractivity contribution < 1.29 is 0 Å². The monoisotopic (exact) mass is 465 g/mol. The molecule has 0 radical (unpaired) electrons. The number of nitrogens with zero attached hydrogens (tertiary/aromatic N) is 5. The van der Waals surface area contributed by atoms with Gasteiger partial charge in [0.05, 0.1) is 6.54 Å². The summed E-state index contributed by atoms with van der Waals surface area (Å²) in [4.78, 5) is 34.2. The van der Waals surface area contributed by atoms with Gasteiger partial charge in [0.1, 0.15) is 0 Å². The molecule has 0 amide bonds. The second-order valence-electron chi connectivity index (χ2n) is 9.62. The molecule has 2 aromatic heterocycles. The number of rotatable bonds is 3. The Kier molecular flexibility index (Phi) is 4.88. The maximum Gasteiger partial charge on any atom is 0.332 e. The van der Waals surface area contributed by atoms with Gasteiger partial charge < -0.3 is 9.47 Å². The van der Waals surface area contributed by atoms with Crippen molar-refractivity contribution in [2.24, 2.45) is 13.0 Å². The maximum atomic E-state index is 13.8. The lowest BCUT2D eigenvalue weighted by atomic mass is 10.0. The van der Waals surface area contributed by atoms with E-state index in [1.807, 2.05) is 47.0 Å². The van der Waals surface area contributed by atoms with Crippen LogP contribution < -0.4 is 16.1 Å². The Hall–Kier alpha value is -4.13. The zero-order chi connectivity index (χ0) is 24.3. The minimum absolute atomic E-state index is 0.209. The molecule has 1 aliphatic heterocycles. The van der Waals surface area contributed by atoms with Gasteiger partial charge in [0.15, 0.2) is 11.2 Å². The van der Waals surface area contributed by atoms with Crippen LogP contribution in [0.1, 0.15) is 18.1 Å².